The van der Waals surface area contributed by atoms with Gasteiger partial charge in [-0.05, 0) is 51.4 Å². The number of ether oxygens (including phenoxy) is 4. The van der Waals surface area contributed by atoms with Crippen molar-refractivity contribution in [3.63, 3.8) is 0 Å². The van der Waals surface area contributed by atoms with Gasteiger partial charge in [0.1, 0.15) is 19.3 Å². The highest BCUT2D eigenvalue weighted by Gasteiger charge is 2.30. The van der Waals surface area contributed by atoms with Crippen LogP contribution in [0, 0.1) is 0 Å². The third kappa shape index (κ3) is 70.0. The molecule has 0 amide bonds. The summed E-state index contributed by atoms with van der Waals surface area (Å²) in [5.74, 6) is -2.14. The second kappa shape index (κ2) is 71.0. The predicted octanol–water partition coefficient (Wildman–Crippen LogP) is 22.6. The molecule has 96 heavy (non-hydrogen) atoms. The minimum Gasteiger partial charge on any atom is -0.462 e. The van der Waals surface area contributed by atoms with Gasteiger partial charge in [-0.3, -0.25) is 37.3 Å². The van der Waals surface area contributed by atoms with E-state index in [1.165, 1.54) is 199 Å². The van der Waals surface area contributed by atoms with Crippen LogP contribution in [-0.4, -0.2) is 96.7 Å². The van der Waals surface area contributed by atoms with Crippen LogP contribution in [0.5, 0.6) is 0 Å². The lowest BCUT2D eigenvalue weighted by molar-refractivity contribution is -0.161. The predicted molar refractivity (Wildman–Crippen MR) is 391 cm³/mol. The molecule has 0 rings (SSSR count). The molecule has 17 nitrogen and oxygen atoms in total. The molecule has 2 unspecified atom stereocenters. The number of hydrogen-bond acceptors (Lipinski definition) is 15. The smallest absolute Gasteiger partial charge is 0.462 e. The van der Waals surface area contributed by atoms with Crippen molar-refractivity contribution >= 4 is 39.5 Å². The number of rotatable bonds is 76. The summed E-state index contributed by atoms with van der Waals surface area (Å²) in [4.78, 5) is 72.8. The number of phosphoric ester groups is 2. The standard InChI is InChI=1S/C77H146O17P2/c1-5-9-13-17-21-25-28-31-33-34-35-36-38-41-44-48-52-56-60-64-77(82)94-73(68-88-75(80)62-58-54-50-46-42-40-37-32-29-26-22-18-14-10-6-2)70-92-96(85,86)90-66-71(78)65-89-95(83,84)91-69-72(67-87-74(79)61-57-53-49-45-24-20-16-12-8-4)93-76(81)63-59-55-51-47-43-39-30-27-23-19-15-11-7-3/h26,29,32,37,71-73,78H,5-25,27-28,30-31,33-36,38-70H2,1-4H3,(H,83,84)(H,85,86)/b29-26-,37-32-/t71-,72+,73+/m0/s1. The van der Waals surface area contributed by atoms with Crippen LogP contribution in [0.2, 0.25) is 0 Å². The summed E-state index contributed by atoms with van der Waals surface area (Å²) in [6.45, 7) is 4.92. The molecule has 0 aliphatic rings. The lowest BCUT2D eigenvalue weighted by atomic mass is 10.0. The van der Waals surface area contributed by atoms with Crippen molar-refractivity contribution in [2.45, 2.75) is 406 Å². The van der Waals surface area contributed by atoms with E-state index in [1.54, 1.807) is 0 Å². The first kappa shape index (κ1) is 93.5. The summed E-state index contributed by atoms with van der Waals surface area (Å²) in [5.41, 5.74) is 0. The third-order valence-electron chi connectivity index (χ3n) is 17.5. The van der Waals surface area contributed by atoms with Crippen LogP contribution < -0.4 is 0 Å². The summed E-state index contributed by atoms with van der Waals surface area (Å²) in [6, 6.07) is 0. The average Bonchev–Trinajstić information content (AvgIpc) is 1.24. The fourth-order valence-corrected chi connectivity index (χ4v) is 13.0. The van der Waals surface area contributed by atoms with Gasteiger partial charge < -0.3 is 33.8 Å². The topological polar surface area (TPSA) is 237 Å². The van der Waals surface area contributed by atoms with Crippen molar-refractivity contribution in [2.75, 3.05) is 39.6 Å². The number of unbranched alkanes of at least 4 members (excludes halogenated alkanes) is 47. The molecule has 0 saturated heterocycles. The van der Waals surface area contributed by atoms with E-state index in [1.807, 2.05) is 0 Å². The van der Waals surface area contributed by atoms with Crippen LogP contribution in [0.15, 0.2) is 24.3 Å². The Morgan fingerprint density at radius 2 is 0.500 bits per heavy atom. The number of aliphatic hydroxyl groups excluding tert-OH is 1. The molecule has 0 fully saturated rings. The van der Waals surface area contributed by atoms with Gasteiger partial charge in [-0.1, -0.05) is 335 Å². The number of esters is 4. The highest BCUT2D eigenvalue weighted by atomic mass is 31.2. The number of hydrogen-bond donors (Lipinski definition) is 3. The van der Waals surface area contributed by atoms with E-state index >= 15 is 0 Å². The Balaban J connectivity index is 5.25. The molecule has 0 radical (unpaired) electrons. The van der Waals surface area contributed by atoms with Crippen molar-refractivity contribution in [1.29, 1.82) is 0 Å². The Morgan fingerprint density at radius 3 is 0.760 bits per heavy atom. The van der Waals surface area contributed by atoms with Crippen molar-refractivity contribution in [3.05, 3.63) is 24.3 Å². The molecule has 0 aromatic rings. The van der Waals surface area contributed by atoms with Gasteiger partial charge in [0.25, 0.3) is 0 Å². The average molecular weight is 1410 g/mol. The maximum absolute atomic E-state index is 13.1. The molecule has 0 heterocycles. The maximum Gasteiger partial charge on any atom is 0.472 e. The Kier molecular flexibility index (Phi) is 69.1. The molecule has 0 aromatic heterocycles. The molecule has 5 atom stereocenters. The van der Waals surface area contributed by atoms with E-state index in [4.69, 9.17) is 37.0 Å². The zero-order valence-corrected chi connectivity index (χ0v) is 63.6. The Bertz CT molecular complexity index is 1920. The van der Waals surface area contributed by atoms with E-state index in [0.717, 1.165) is 109 Å². The molecule has 0 aliphatic heterocycles. The van der Waals surface area contributed by atoms with E-state index in [2.05, 4.69) is 52.0 Å². The van der Waals surface area contributed by atoms with E-state index in [9.17, 15) is 43.2 Å². The van der Waals surface area contributed by atoms with Crippen LogP contribution in [0.4, 0.5) is 0 Å². The first-order valence-electron chi connectivity index (χ1n) is 39.6. The lowest BCUT2D eigenvalue weighted by Gasteiger charge is -2.21. The fraction of sp³-hybridized carbons (Fsp3) is 0.896. The molecular formula is C77H146O17P2. The summed E-state index contributed by atoms with van der Waals surface area (Å²) >= 11 is 0. The van der Waals surface area contributed by atoms with E-state index in [-0.39, 0.29) is 25.7 Å². The second-order valence-electron chi connectivity index (χ2n) is 27.1. The van der Waals surface area contributed by atoms with Crippen molar-refractivity contribution in [3.8, 4) is 0 Å². The molecule has 0 spiro atoms. The normalized spacial score (nSPS) is 14.0. The zero-order valence-electron chi connectivity index (χ0n) is 61.8. The lowest BCUT2D eigenvalue weighted by Crippen LogP contribution is -2.30. The molecule has 0 saturated carbocycles. The Morgan fingerprint density at radius 1 is 0.292 bits per heavy atom. The minimum absolute atomic E-state index is 0.102. The van der Waals surface area contributed by atoms with E-state index in [0.29, 0.717) is 25.7 Å². The first-order valence-corrected chi connectivity index (χ1v) is 42.6. The summed E-state index contributed by atoms with van der Waals surface area (Å²) in [7, 11) is -9.92. The molecule has 19 heteroatoms. The van der Waals surface area contributed by atoms with Gasteiger partial charge in [-0.2, -0.15) is 0 Å². The molecule has 0 bridgehead atoms. The Hall–Kier alpha value is -2.46. The van der Waals surface area contributed by atoms with Crippen molar-refractivity contribution < 1.29 is 80.2 Å². The number of carbonyl (C=O) groups excluding carboxylic acids is 4. The highest BCUT2D eigenvalue weighted by molar-refractivity contribution is 7.47. The number of aliphatic hydroxyl groups is 1. The largest absolute Gasteiger partial charge is 0.472 e. The summed E-state index contributed by atoms with van der Waals surface area (Å²) in [5, 5.41) is 10.6. The van der Waals surface area contributed by atoms with Gasteiger partial charge in [-0.15, -0.1) is 0 Å². The van der Waals surface area contributed by atoms with Gasteiger partial charge >= 0.3 is 39.5 Å². The maximum atomic E-state index is 13.1. The second-order valence-corrected chi connectivity index (χ2v) is 30.0. The number of phosphoric acid groups is 2. The summed E-state index contributed by atoms with van der Waals surface area (Å²) < 4.78 is 68.5. The molecular weight excluding hydrogens is 1260 g/mol. The van der Waals surface area contributed by atoms with Gasteiger partial charge in [0.15, 0.2) is 12.2 Å². The van der Waals surface area contributed by atoms with Crippen molar-refractivity contribution in [1.82, 2.24) is 0 Å². The van der Waals surface area contributed by atoms with Gasteiger partial charge in [-0.25, -0.2) is 9.13 Å². The van der Waals surface area contributed by atoms with Crippen LogP contribution in [0.3, 0.4) is 0 Å². The highest BCUT2D eigenvalue weighted by Crippen LogP contribution is 2.45. The van der Waals surface area contributed by atoms with Crippen LogP contribution in [0.1, 0.15) is 387 Å². The third-order valence-corrected chi connectivity index (χ3v) is 19.4. The molecule has 3 N–H and O–H groups in total. The van der Waals surface area contributed by atoms with Crippen LogP contribution >= 0.6 is 15.6 Å². The quantitative estimate of drug-likeness (QED) is 0.0169. The fourth-order valence-electron chi connectivity index (χ4n) is 11.4. The van der Waals surface area contributed by atoms with Crippen LogP contribution in [0.25, 0.3) is 0 Å². The Labute approximate surface area is 586 Å². The zero-order chi connectivity index (χ0) is 70.4. The summed E-state index contributed by atoms with van der Waals surface area (Å²) in [6.07, 6.45) is 64.6. The van der Waals surface area contributed by atoms with Crippen molar-refractivity contribution in [2.24, 2.45) is 0 Å². The monoisotopic (exact) mass is 1410 g/mol. The van der Waals surface area contributed by atoms with Gasteiger partial charge in [0.05, 0.1) is 26.4 Å². The molecule has 0 aliphatic carbocycles. The van der Waals surface area contributed by atoms with Crippen LogP contribution in [-0.2, 0) is 65.4 Å². The number of allylic oxidation sites excluding steroid dienone is 4. The molecule has 566 valence electrons. The van der Waals surface area contributed by atoms with E-state index < -0.39 is 97.5 Å². The van der Waals surface area contributed by atoms with Gasteiger partial charge in [0, 0.05) is 25.7 Å². The minimum atomic E-state index is -4.96. The number of carbonyl (C=O) groups is 4. The van der Waals surface area contributed by atoms with Gasteiger partial charge in [0.2, 0.25) is 0 Å². The first-order chi connectivity index (χ1) is 46.7. The molecule has 0 aromatic carbocycles. The SMILES string of the molecule is CCCCCC/C=C\C=C/CCCCCCCC(=O)OC[C@H](COP(=O)(O)OC[C@@H](O)COP(=O)(O)OC[C@@H](COC(=O)CCCCCCCCCCC)OC(=O)CCCCCCCCCCCCCCC)OC(=O)CCCCCCCCCCCCCCCCCCCCC.